The third kappa shape index (κ3) is 7.95. The standard InChI is InChI=1S/2C27H46O2/c2*1-17(2)7-6-8-18(3)22-11-12-23-21-10-9-19-15-20(28)16-25(29)27(19,5)24(21)13-14-26(22,23)4/h2*9,17-18,20-25,28-29H,6-8,10-16H2,1-5H3/t18-,20+,21-,22+,23-,24-,25?,26+,27-;18-,20-,21+,22-,23+,24+,25?,26-,27+/m01/s1. The molecule has 8 aliphatic rings. The molecule has 6 saturated carbocycles. The molecule has 0 amide bonds. The molecule has 8 rings (SSSR count). The fourth-order valence-electron chi connectivity index (χ4n) is 17.5. The Morgan fingerprint density at radius 1 is 0.517 bits per heavy atom. The van der Waals surface area contributed by atoms with Crippen molar-refractivity contribution < 1.29 is 20.4 Å². The molecular weight excluding hydrogens is 713 g/mol. The zero-order valence-corrected chi connectivity index (χ0v) is 39.3. The van der Waals surface area contributed by atoms with E-state index in [9.17, 15) is 20.4 Å². The van der Waals surface area contributed by atoms with Gasteiger partial charge >= 0.3 is 0 Å². The summed E-state index contributed by atoms with van der Waals surface area (Å²) in [6, 6.07) is 0. The van der Waals surface area contributed by atoms with Crippen LogP contribution < -0.4 is 0 Å². The van der Waals surface area contributed by atoms with Gasteiger partial charge in [-0.2, -0.15) is 0 Å². The Morgan fingerprint density at radius 2 is 0.897 bits per heavy atom. The minimum Gasteiger partial charge on any atom is -0.393 e. The highest BCUT2D eigenvalue weighted by Crippen LogP contribution is 2.69. The van der Waals surface area contributed by atoms with Gasteiger partial charge in [0.1, 0.15) is 0 Å². The highest BCUT2D eigenvalue weighted by Gasteiger charge is 2.62. The number of rotatable bonds is 10. The summed E-state index contributed by atoms with van der Waals surface area (Å²) in [5, 5.41) is 42.6. The molecule has 58 heavy (non-hydrogen) atoms. The van der Waals surface area contributed by atoms with Crippen LogP contribution in [-0.4, -0.2) is 44.8 Å². The van der Waals surface area contributed by atoms with E-state index in [1.807, 2.05) is 0 Å². The van der Waals surface area contributed by atoms with Crippen LogP contribution in [0.3, 0.4) is 0 Å². The van der Waals surface area contributed by atoms with Gasteiger partial charge < -0.3 is 20.4 Å². The summed E-state index contributed by atoms with van der Waals surface area (Å²) in [5.74, 6) is 9.47. The Balaban J connectivity index is 0.000000177. The lowest BCUT2D eigenvalue weighted by Gasteiger charge is -2.59. The largest absolute Gasteiger partial charge is 0.393 e. The molecule has 8 aliphatic carbocycles. The Morgan fingerprint density at radius 3 is 1.26 bits per heavy atom. The first-order valence-corrected chi connectivity index (χ1v) is 25.5. The lowest BCUT2D eigenvalue weighted by Crippen LogP contribution is -2.55. The second-order valence-corrected chi connectivity index (χ2v) is 24.5. The van der Waals surface area contributed by atoms with Crippen molar-refractivity contribution in [2.45, 2.75) is 222 Å². The van der Waals surface area contributed by atoms with Crippen LogP contribution in [0.1, 0.15) is 198 Å². The van der Waals surface area contributed by atoms with Crippen LogP contribution in [0.4, 0.5) is 0 Å². The first kappa shape index (κ1) is 45.3. The van der Waals surface area contributed by atoms with E-state index < -0.39 is 0 Å². The number of allylic oxidation sites excluding steroid dienone is 2. The minimum atomic E-state index is -0.373. The Hall–Kier alpha value is -0.680. The van der Waals surface area contributed by atoms with Gasteiger partial charge in [-0.15, -0.1) is 0 Å². The molecule has 4 N–H and O–H groups in total. The van der Waals surface area contributed by atoms with Crippen LogP contribution >= 0.6 is 0 Å². The Labute approximate surface area is 357 Å². The van der Waals surface area contributed by atoms with Crippen molar-refractivity contribution in [2.75, 3.05) is 0 Å². The molecule has 0 radical (unpaired) electrons. The first-order valence-electron chi connectivity index (χ1n) is 25.5. The van der Waals surface area contributed by atoms with Crippen molar-refractivity contribution in [3.8, 4) is 0 Å². The fraction of sp³-hybridized carbons (Fsp3) is 0.926. The number of aliphatic hydroxyl groups is 4. The molecule has 0 aromatic rings. The van der Waals surface area contributed by atoms with E-state index in [0.29, 0.717) is 35.5 Å². The van der Waals surface area contributed by atoms with Gasteiger partial charge in [0.25, 0.3) is 0 Å². The lowest BCUT2D eigenvalue weighted by atomic mass is 9.46. The van der Waals surface area contributed by atoms with Gasteiger partial charge in [0.05, 0.1) is 24.4 Å². The molecule has 0 bridgehead atoms. The predicted molar refractivity (Wildman–Crippen MR) is 241 cm³/mol. The maximum atomic E-state index is 11.1. The van der Waals surface area contributed by atoms with E-state index >= 15 is 0 Å². The van der Waals surface area contributed by atoms with Gasteiger partial charge in [-0.05, 0) is 159 Å². The summed E-state index contributed by atoms with van der Waals surface area (Å²) in [7, 11) is 0. The Bertz CT molecular complexity index is 1360. The monoisotopic (exact) mass is 805 g/mol. The van der Waals surface area contributed by atoms with E-state index in [1.165, 1.54) is 114 Å². The number of aliphatic hydroxyl groups excluding tert-OH is 4. The van der Waals surface area contributed by atoms with Gasteiger partial charge in [-0.3, -0.25) is 0 Å². The fourth-order valence-corrected chi connectivity index (χ4v) is 17.5. The lowest BCUT2D eigenvalue weighted by molar-refractivity contribution is -0.108. The topological polar surface area (TPSA) is 80.9 Å². The second-order valence-electron chi connectivity index (χ2n) is 24.5. The van der Waals surface area contributed by atoms with E-state index in [2.05, 4.69) is 81.4 Å². The van der Waals surface area contributed by atoms with Gasteiger partial charge in [0.2, 0.25) is 0 Å². The van der Waals surface area contributed by atoms with E-state index in [4.69, 9.17) is 0 Å². The van der Waals surface area contributed by atoms with Crippen molar-refractivity contribution in [1.82, 2.24) is 0 Å². The third-order valence-electron chi connectivity index (χ3n) is 20.8. The first-order chi connectivity index (χ1) is 27.3. The van der Waals surface area contributed by atoms with E-state index in [1.54, 1.807) is 0 Å². The van der Waals surface area contributed by atoms with Gasteiger partial charge in [0.15, 0.2) is 0 Å². The average molecular weight is 805 g/mol. The molecule has 6 fully saturated rings. The summed E-state index contributed by atoms with van der Waals surface area (Å²) in [5.41, 5.74) is 3.54. The average Bonchev–Trinajstić information content (AvgIpc) is 3.70. The molecule has 0 saturated heterocycles. The van der Waals surface area contributed by atoms with Crippen molar-refractivity contribution >= 4 is 0 Å². The summed E-state index contributed by atoms with van der Waals surface area (Å²) in [6.45, 7) is 24.4. The quantitative estimate of drug-likeness (QED) is 0.166. The van der Waals surface area contributed by atoms with Gasteiger partial charge in [-0.1, -0.05) is 131 Å². The molecule has 4 heteroatoms. The van der Waals surface area contributed by atoms with E-state index in [0.717, 1.165) is 72.0 Å². The second kappa shape index (κ2) is 17.5. The molecule has 2 unspecified atom stereocenters. The molecule has 4 nitrogen and oxygen atoms in total. The third-order valence-corrected chi connectivity index (χ3v) is 20.8. The number of fused-ring (bicyclic) bond motifs is 10. The summed E-state index contributed by atoms with van der Waals surface area (Å²) < 4.78 is 0. The smallest absolute Gasteiger partial charge is 0.0658 e. The van der Waals surface area contributed by atoms with Crippen molar-refractivity contribution in [1.29, 1.82) is 0 Å². The van der Waals surface area contributed by atoms with Crippen molar-refractivity contribution in [3.63, 3.8) is 0 Å². The molecule has 0 aromatic carbocycles. The van der Waals surface area contributed by atoms with Crippen LogP contribution in [0, 0.1) is 92.7 Å². The molecule has 0 aliphatic heterocycles. The number of hydrogen-bond acceptors (Lipinski definition) is 4. The number of hydrogen-bond donors (Lipinski definition) is 4. The minimum absolute atomic E-state index is 0.0928. The SMILES string of the molecule is CC(C)CCC[C@@H](C)[C@H]1CC[C@H]2[C@@H]3CC=C4C[C@@H](O)CC(O)[C@]4(C)[C@H]3CC[C@]12C.CC(C)CCC[C@H](C)[C@H]1CC[C@H]2[C@@H]3CC=C4C[C@@H](O)CC(O)[C@]4(C)[C@H]3CC[C@]12C. The van der Waals surface area contributed by atoms with Crippen LogP contribution in [-0.2, 0) is 0 Å². The summed E-state index contributed by atoms with van der Waals surface area (Å²) in [6.07, 6.45) is 27.7. The molecule has 0 heterocycles. The van der Waals surface area contributed by atoms with Crippen LogP contribution in [0.2, 0.25) is 0 Å². The van der Waals surface area contributed by atoms with Gasteiger partial charge in [0, 0.05) is 23.7 Å². The maximum absolute atomic E-state index is 11.1. The summed E-state index contributed by atoms with van der Waals surface area (Å²) >= 11 is 0. The van der Waals surface area contributed by atoms with Gasteiger partial charge in [-0.25, -0.2) is 0 Å². The zero-order chi connectivity index (χ0) is 41.9. The van der Waals surface area contributed by atoms with Crippen LogP contribution in [0.15, 0.2) is 23.3 Å². The van der Waals surface area contributed by atoms with Crippen LogP contribution in [0.25, 0.3) is 0 Å². The highest BCUT2D eigenvalue weighted by molar-refractivity contribution is 5.29. The molecule has 18 atom stereocenters. The maximum Gasteiger partial charge on any atom is 0.0658 e. The van der Waals surface area contributed by atoms with Crippen LogP contribution in [0.5, 0.6) is 0 Å². The normalized spacial score (nSPS) is 47.9. The predicted octanol–water partition coefficient (Wildman–Crippen LogP) is 12.7. The van der Waals surface area contributed by atoms with Crippen molar-refractivity contribution in [2.24, 2.45) is 92.7 Å². The molecular formula is C54H92O4. The molecule has 332 valence electrons. The van der Waals surface area contributed by atoms with Crippen molar-refractivity contribution in [3.05, 3.63) is 23.3 Å². The highest BCUT2D eigenvalue weighted by atomic mass is 16.3. The molecule has 0 aromatic heterocycles. The Kier molecular flexibility index (Phi) is 13.7. The van der Waals surface area contributed by atoms with E-state index in [-0.39, 0.29) is 35.2 Å². The zero-order valence-electron chi connectivity index (χ0n) is 39.3. The molecule has 0 spiro atoms. The summed E-state index contributed by atoms with van der Waals surface area (Å²) in [4.78, 5) is 0.